The van der Waals surface area contributed by atoms with E-state index in [4.69, 9.17) is 17.3 Å². The molecule has 2 rings (SSSR count). The summed E-state index contributed by atoms with van der Waals surface area (Å²) < 4.78 is 27.1. The fourth-order valence-electron chi connectivity index (χ4n) is 1.79. The van der Waals surface area contributed by atoms with Crippen LogP contribution in [-0.4, -0.2) is 14.3 Å². The summed E-state index contributed by atoms with van der Waals surface area (Å²) in [5, 5.41) is 0. The van der Waals surface area contributed by atoms with E-state index in [2.05, 4.69) is 4.72 Å². The van der Waals surface area contributed by atoms with E-state index in [0.29, 0.717) is 23.7 Å². The molecule has 0 unspecified atom stereocenters. The zero-order valence-electron chi connectivity index (χ0n) is 10.7. The topological polar surface area (TPSA) is 72.2 Å². The Morgan fingerprint density at radius 1 is 1.10 bits per heavy atom. The molecule has 3 N–H and O–H groups in total. The highest BCUT2D eigenvalue weighted by atomic mass is 35.5. The number of halogens is 1. The second-order valence-electron chi connectivity index (χ2n) is 4.27. The van der Waals surface area contributed by atoms with Crippen LogP contribution in [0.2, 0.25) is 0 Å². The molecule has 106 valence electrons. The third kappa shape index (κ3) is 3.43. The van der Waals surface area contributed by atoms with Gasteiger partial charge in [-0.2, -0.15) is 0 Å². The fraction of sp³-hybridized carbons (Fsp3) is 0.143. The van der Waals surface area contributed by atoms with Crippen LogP contribution in [0.25, 0.3) is 0 Å². The molecule has 0 atom stereocenters. The van der Waals surface area contributed by atoms with Gasteiger partial charge in [-0.3, -0.25) is 4.72 Å². The van der Waals surface area contributed by atoms with E-state index in [1.807, 2.05) is 6.07 Å². The molecule has 0 spiro atoms. The Kier molecular flexibility index (Phi) is 4.52. The lowest BCUT2D eigenvalue weighted by atomic mass is 10.1. The van der Waals surface area contributed by atoms with Crippen molar-refractivity contribution in [2.24, 2.45) is 0 Å². The monoisotopic (exact) mass is 310 g/mol. The molecule has 0 aliphatic carbocycles. The number of benzene rings is 2. The minimum absolute atomic E-state index is 0.177. The van der Waals surface area contributed by atoms with Crippen molar-refractivity contribution < 1.29 is 8.42 Å². The number of nitrogen functional groups attached to an aromatic ring is 1. The van der Waals surface area contributed by atoms with Gasteiger partial charge in [0.15, 0.2) is 0 Å². The first kappa shape index (κ1) is 14.7. The maximum Gasteiger partial charge on any atom is 0.261 e. The van der Waals surface area contributed by atoms with Crippen molar-refractivity contribution in [3.63, 3.8) is 0 Å². The molecule has 0 heterocycles. The van der Waals surface area contributed by atoms with Crippen LogP contribution in [0.5, 0.6) is 0 Å². The molecule has 0 aromatic heterocycles. The highest BCUT2D eigenvalue weighted by Gasteiger charge is 2.15. The minimum atomic E-state index is -3.62. The van der Waals surface area contributed by atoms with Crippen LogP contribution in [0.3, 0.4) is 0 Å². The summed E-state index contributed by atoms with van der Waals surface area (Å²) in [6.45, 7) is 0. The second-order valence-corrected chi connectivity index (χ2v) is 6.33. The van der Waals surface area contributed by atoms with Crippen LogP contribution in [-0.2, 0) is 16.4 Å². The standard InChI is InChI=1S/C14H15ClN2O2S/c15-9-8-11-10-13(6-7-14(11)16)20(18,19)17-12-4-2-1-3-5-12/h1-7,10,17H,8-9,16H2. The summed E-state index contributed by atoms with van der Waals surface area (Å²) in [5.74, 6) is 0.389. The third-order valence-electron chi connectivity index (χ3n) is 2.81. The van der Waals surface area contributed by atoms with Crippen molar-refractivity contribution in [3.05, 3.63) is 54.1 Å². The van der Waals surface area contributed by atoms with Crippen LogP contribution in [0.15, 0.2) is 53.4 Å². The summed E-state index contributed by atoms with van der Waals surface area (Å²) in [4.78, 5) is 0.177. The SMILES string of the molecule is Nc1ccc(S(=O)(=O)Nc2ccccc2)cc1CCCl. The largest absolute Gasteiger partial charge is 0.399 e. The lowest BCUT2D eigenvalue weighted by Gasteiger charge is -2.10. The van der Waals surface area contributed by atoms with Gasteiger partial charge >= 0.3 is 0 Å². The Morgan fingerprint density at radius 2 is 1.80 bits per heavy atom. The molecule has 20 heavy (non-hydrogen) atoms. The van der Waals surface area contributed by atoms with Gasteiger partial charge in [0.25, 0.3) is 10.0 Å². The second kappa shape index (κ2) is 6.15. The highest BCUT2D eigenvalue weighted by Crippen LogP contribution is 2.21. The molecular formula is C14H15ClN2O2S. The van der Waals surface area contributed by atoms with Gasteiger partial charge in [-0.15, -0.1) is 11.6 Å². The van der Waals surface area contributed by atoms with E-state index in [0.717, 1.165) is 5.56 Å². The van der Waals surface area contributed by atoms with Crippen LogP contribution in [0, 0.1) is 0 Å². The number of para-hydroxylation sites is 1. The van der Waals surface area contributed by atoms with Crippen LogP contribution in [0.4, 0.5) is 11.4 Å². The molecule has 0 bridgehead atoms. The van der Waals surface area contributed by atoms with E-state index < -0.39 is 10.0 Å². The Balaban J connectivity index is 2.32. The predicted molar refractivity (Wildman–Crippen MR) is 82.5 cm³/mol. The summed E-state index contributed by atoms with van der Waals surface area (Å²) in [5.41, 5.74) is 7.59. The Hall–Kier alpha value is -1.72. The summed E-state index contributed by atoms with van der Waals surface area (Å²) in [7, 11) is -3.62. The number of hydrogen-bond donors (Lipinski definition) is 2. The lowest BCUT2D eigenvalue weighted by Crippen LogP contribution is -2.13. The number of rotatable bonds is 5. The van der Waals surface area contributed by atoms with Gasteiger partial charge in [0.1, 0.15) is 0 Å². The Labute approximate surface area is 123 Å². The van der Waals surface area contributed by atoms with E-state index in [-0.39, 0.29) is 4.90 Å². The molecule has 0 aliphatic heterocycles. The molecule has 0 saturated heterocycles. The fourth-order valence-corrected chi connectivity index (χ4v) is 3.10. The number of sulfonamides is 1. The van der Waals surface area contributed by atoms with Crippen molar-refractivity contribution in [1.82, 2.24) is 0 Å². The maximum absolute atomic E-state index is 12.3. The van der Waals surface area contributed by atoms with E-state index >= 15 is 0 Å². The molecule has 4 nitrogen and oxygen atoms in total. The van der Waals surface area contributed by atoms with Crippen molar-refractivity contribution in [2.45, 2.75) is 11.3 Å². The van der Waals surface area contributed by atoms with Gasteiger partial charge in [-0.1, -0.05) is 18.2 Å². The van der Waals surface area contributed by atoms with Crippen LogP contribution < -0.4 is 10.5 Å². The first-order valence-corrected chi connectivity index (χ1v) is 8.07. The van der Waals surface area contributed by atoms with Crippen LogP contribution in [0.1, 0.15) is 5.56 Å². The highest BCUT2D eigenvalue weighted by molar-refractivity contribution is 7.92. The number of alkyl halides is 1. The van der Waals surface area contributed by atoms with E-state index in [1.54, 1.807) is 36.4 Å². The van der Waals surface area contributed by atoms with E-state index in [9.17, 15) is 8.42 Å². The van der Waals surface area contributed by atoms with Gasteiger partial charge in [0, 0.05) is 17.3 Å². The summed E-state index contributed by atoms with van der Waals surface area (Å²) in [6.07, 6.45) is 0.530. The van der Waals surface area contributed by atoms with Crippen molar-refractivity contribution >= 4 is 33.0 Å². The first-order valence-electron chi connectivity index (χ1n) is 6.05. The molecule has 0 radical (unpaired) electrons. The van der Waals surface area contributed by atoms with Crippen molar-refractivity contribution in [3.8, 4) is 0 Å². The first-order chi connectivity index (χ1) is 9.53. The molecule has 0 saturated carbocycles. The predicted octanol–water partition coefficient (Wildman–Crippen LogP) is 2.85. The number of hydrogen-bond acceptors (Lipinski definition) is 3. The zero-order valence-corrected chi connectivity index (χ0v) is 12.3. The molecular weight excluding hydrogens is 296 g/mol. The molecule has 2 aromatic rings. The average Bonchev–Trinajstić information content (AvgIpc) is 2.42. The molecule has 0 amide bonds. The van der Waals surface area contributed by atoms with Crippen molar-refractivity contribution in [1.29, 1.82) is 0 Å². The van der Waals surface area contributed by atoms with Crippen molar-refractivity contribution in [2.75, 3.05) is 16.3 Å². The average molecular weight is 311 g/mol. The summed E-state index contributed by atoms with van der Waals surface area (Å²) >= 11 is 5.68. The number of aryl methyl sites for hydroxylation is 1. The van der Waals surface area contributed by atoms with Crippen LogP contribution >= 0.6 is 11.6 Å². The number of anilines is 2. The van der Waals surface area contributed by atoms with Gasteiger partial charge in [0.05, 0.1) is 4.90 Å². The zero-order chi connectivity index (χ0) is 14.6. The van der Waals surface area contributed by atoms with Gasteiger partial charge in [-0.25, -0.2) is 8.42 Å². The van der Waals surface area contributed by atoms with E-state index in [1.165, 1.54) is 6.07 Å². The lowest BCUT2D eigenvalue weighted by molar-refractivity contribution is 0.601. The Bertz CT molecular complexity index is 688. The minimum Gasteiger partial charge on any atom is -0.399 e. The normalized spacial score (nSPS) is 11.2. The van der Waals surface area contributed by atoms with Gasteiger partial charge in [-0.05, 0) is 42.3 Å². The molecule has 0 fully saturated rings. The quantitative estimate of drug-likeness (QED) is 0.659. The molecule has 6 heteroatoms. The maximum atomic E-state index is 12.3. The molecule has 2 aromatic carbocycles. The van der Waals surface area contributed by atoms with Gasteiger partial charge < -0.3 is 5.73 Å². The number of nitrogens with two attached hydrogens (primary N) is 1. The smallest absolute Gasteiger partial charge is 0.261 e. The number of nitrogens with one attached hydrogen (secondary N) is 1. The molecule has 0 aliphatic rings. The van der Waals surface area contributed by atoms with Gasteiger partial charge in [0.2, 0.25) is 0 Å². The Morgan fingerprint density at radius 3 is 2.45 bits per heavy atom. The summed E-state index contributed by atoms with van der Waals surface area (Å²) in [6, 6.07) is 13.4. The third-order valence-corrected chi connectivity index (χ3v) is 4.38.